The molecule has 1 N–H and O–H groups in total. The summed E-state index contributed by atoms with van der Waals surface area (Å²) in [4.78, 5) is 3.80. The first kappa shape index (κ1) is 15.4. The van der Waals surface area contributed by atoms with Crippen LogP contribution in [0.15, 0.2) is 42.7 Å². The lowest BCUT2D eigenvalue weighted by Gasteiger charge is -2.12. The van der Waals surface area contributed by atoms with Gasteiger partial charge in [0, 0.05) is 17.8 Å². The molecule has 0 spiro atoms. The number of nitrogens with one attached hydrogen (secondary N) is 1. The summed E-state index contributed by atoms with van der Waals surface area (Å²) >= 11 is 0. The largest absolute Gasteiger partial charge is 0.489 e. The Labute approximate surface area is 125 Å². The van der Waals surface area contributed by atoms with Crippen molar-refractivity contribution < 1.29 is 9.13 Å². The molecule has 0 saturated carbocycles. The molecule has 2 rings (SSSR count). The molecule has 1 atom stereocenters. The topological polar surface area (TPSA) is 34.1 Å². The molecule has 0 aliphatic heterocycles. The summed E-state index contributed by atoms with van der Waals surface area (Å²) in [5, 5.41) is 3.39. The van der Waals surface area contributed by atoms with Crippen molar-refractivity contribution >= 4 is 0 Å². The Balaban J connectivity index is 1.87. The van der Waals surface area contributed by atoms with Crippen molar-refractivity contribution in [3.05, 3.63) is 59.7 Å². The summed E-state index contributed by atoms with van der Waals surface area (Å²) in [6, 6.07) is 9.90. The number of nitrogens with zero attached hydrogens (tertiary/aromatic N) is 1. The minimum absolute atomic E-state index is 0.317. The van der Waals surface area contributed by atoms with Gasteiger partial charge in [0.25, 0.3) is 0 Å². The van der Waals surface area contributed by atoms with E-state index in [-0.39, 0.29) is 5.82 Å². The van der Waals surface area contributed by atoms with E-state index in [2.05, 4.69) is 36.3 Å². The van der Waals surface area contributed by atoms with Gasteiger partial charge in [-0.2, -0.15) is 0 Å². The zero-order chi connectivity index (χ0) is 15.1. The Morgan fingerprint density at radius 3 is 2.62 bits per heavy atom. The standard InChI is InChI=1S/C17H21FN2O/c1-3-20-13(2)8-14-4-6-17(7-5-14)21-12-15-9-16(18)11-19-10-15/h4-7,9-11,13,20H,3,8,12H2,1-2H3. The predicted octanol–water partition coefficient (Wildman–Crippen LogP) is 3.34. The maximum atomic E-state index is 13.0. The van der Waals surface area contributed by atoms with E-state index in [9.17, 15) is 4.39 Å². The number of halogens is 1. The molecule has 0 bridgehead atoms. The first-order chi connectivity index (χ1) is 10.2. The molecule has 1 aromatic carbocycles. The molecule has 2 aromatic rings. The van der Waals surface area contributed by atoms with Crippen LogP contribution in [0.1, 0.15) is 25.0 Å². The first-order valence-corrected chi connectivity index (χ1v) is 7.22. The third kappa shape index (κ3) is 5.16. The molecular weight excluding hydrogens is 267 g/mol. The molecular formula is C17H21FN2O. The van der Waals surface area contributed by atoms with Crippen LogP contribution in [0.25, 0.3) is 0 Å². The summed E-state index contributed by atoms with van der Waals surface area (Å²) in [5.74, 6) is 0.433. The summed E-state index contributed by atoms with van der Waals surface area (Å²) in [5.41, 5.74) is 1.99. The normalized spacial score (nSPS) is 12.1. The zero-order valence-electron chi connectivity index (χ0n) is 12.5. The molecule has 3 nitrogen and oxygen atoms in total. The van der Waals surface area contributed by atoms with Gasteiger partial charge < -0.3 is 10.1 Å². The number of likely N-dealkylation sites (N-methyl/N-ethyl adjacent to an activating group) is 1. The molecule has 0 radical (unpaired) electrons. The van der Waals surface area contributed by atoms with E-state index in [0.29, 0.717) is 12.6 Å². The van der Waals surface area contributed by atoms with Gasteiger partial charge in [-0.25, -0.2) is 4.39 Å². The lowest BCUT2D eigenvalue weighted by Crippen LogP contribution is -2.27. The molecule has 1 heterocycles. The first-order valence-electron chi connectivity index (χ1n) is 7.22. The summed E-state index contributed by atoms with van der Waals surface area (Å²) in [6.45, 7) is 5.57. The van der Waals surface area contributed by atoms with E-state index >= 15 is 0 Å². The van der Waals surface area contributed by atoms with E-state index in [1.807, 2.05) is 12.1 Å². The fourth-order valence-electron chi connectivity index (χ4n) is 2.20. The molecule has 21 heavy (non-hydrogen) atoms. The Hall–Kier alpha value is -1.94. The van der Waals surface area contributed by atoms with Crippen LogP contribution < -0.4 is 10.1 Å². The van der Waals surface area contributed by atoms with E-state index in [4.69, 9.17) is 4.74 Å². The second-order valence-electron chi connectivity index (χ2n) is 5.11. The smallest absolute Gasteiger partial charge is 0.141 e. The number of hydrogen-bond acceptors (Lipinski definition) is 3. The molecule has 0 saturated heterocycles. The predicted molar refractivity (Wildman–Crippen MR) is 81.8 cm³/mol. The SMILES string of the molecule is CCNC(C)Cc1ccc(OCc2cncc(F)c2)cc1. The highest BCUT2D eigenvalue weighted by Gasteiger charge is 2.03. The number of benzene rings is 1. The Bertz CT molecular complexity index is 557. The van der Waals surface area contributed by atoms with E-state index < -0.39 is 0 Å². The highest BCUT2D eigenvalue weighted by Crippen LogP contribution is 2.15. The van der Waals surface area contributed by atoms with Gasteiger partial charge in [0.2, 0.25) is 0 Å². The highest BCUT2D eigenvalue weighted by molar-refractivity contribution is 5.28. The van der Waals surface area contributed by atoms with Crippen LogP contribution in [0.5, 0.6) is 5.75 Å². The molecule has 0 aliphatic rings. The Morgan fingerprint density at radius 2 is 1.95 bits per heavy atom. The molecule has 0 aliphatic carbocycles. The van der Waals surface area contributed by atoms with Crippen LogP contribution in [0.4, 0.5) is 4.39 Å². The van der Waals surface area contributed by atoms with Gasteiger partial charge in [0.15, 0.2) is 0 Å². The summed E-state index contributed by atoms with van der Waals surface area (Å²) in [7, 11) is 0. The molecule has 1 unspecified atom stereocenters. The van der Waals surface area contributed by atoms with Gasteiger partial charge in [0.05, 0.1) is 6.20 Å². The van der Waals surface area contributed by atoms with Crippen molar-refractivity contribution in [2.45, 2.75) is 32.9 Å². The number of hydrogen-bond donors (Lipinski definition) is 1. The fourth-order valence-corrected chi connectivity index (χ4v) is 2.20. The van der Waals surface area contributed by atoms with Crippen molar-refractivity contribution in [2.75, 3.05) is 6.54 Å². The third-order valence-electron chi connectivity index (χ3n) is 3.18. The lowest BCUT2D eigenvalue weighted by atomic mass is 10.1. The van der Waals surface area contributed by atoms with Crippen molar-refractivity contribution in [2.24, 2.45) is 0 Å². The van der Waals surface area contributed by atoms with Crippen LogP contribution in [-0.4, -0.2) is 17.6 Å². The second-order valence-corrected chi connectivity index (χ2v) is 5.11. The number of rotatable bonds is 7. The average Bonchev–Trinajstić information content (AvgIpc) is 2.47. The van der Waals surface area contributed by atoms with Crippen molar-refractivity contribution in [3.63, 3.8) is 0 Å². The van der Waals surface area contributed by atoms with Crippen LogP contribution >= 0.6 is 0 Å². The molecule has 1 aromatic heterocycles. The summed E-state index contributed by atoms with van der Waals surface area (Å²) in [6.07, 6.45) is 3.78. The lowest BCUT2D eigenvalue weighted by molar-refractivity contribution is 0.305. The minimum atomic E-state index is -0.344. The van der Waals surface area contributed by atoms with Gasteiger partial charge >= 0.3 is 0 Å². The monoisotopic (exact) mass is 288 g/mol. The Morgan fingerprint density at radius 1 is 1.19 bits per heavy atom. The maximum absolute atomic E-state index is 13.0. The fraction of sp³-hybridized carbons (Fsp3) is 0.353. The van der Waals surface area contributed by atoms with Gasteiger partial charge in [0.1, 0.15) is 18.2 Å². The Kier molecular flexibility index (Phi) is 5.69. The quantitative estimate of drug-likeness (QED) is 0.848. The van der Waals surface area contributed by atoms with Crippen LogP contribution in [0.3, 0.4) is 0 Å². The molecule has 4 heteroatoms. The maximum Gasteiger partial charge on any atom is 0.141 e. The second kappa shape index (κ2) is 7.74. The van der Waals surface area contributed by atoms with Crippen LogP contribution in [-0.2, 0) is 13.0 Å². The van der Waals surface area contributed by atoms with Gasteiger partial charge in [-0.05, 0) is 43.7 Å². The molecule has 0 fully saturated rings. The van der Waals surface area contributed by atoms with Gasteiger partial charge in [-0.3, -0.25) is 4.98 Å². The van der Waals surface area contributed by atoms with Crippen molar-refractivity contribution in [3.8, 4) is 5.75 Å². The van der Waals surface area contributed by atoms with Gasteiger partial charge in [-0.1, -0.05) is 19.1 Å². The van der Waals surface area contributed by atoms with Gasteiger partial charge in [-0.15, -0.1) is 0 Å². The van der Waals surface area contributed by atoms with Crippen molar-refractivity contribution in [1.82, 2.24) is 10.3 Å². The van der Waals surface area contributed by atoms with Crippen LogP contribution in [0.2, 0.25) is 0 Å². The summed E-state index contributed by atoms with van der Waals surface area (Å²) < 4.78 is 18.6. The third-order valence-corrected chi connectivity index (χ3v) is 3.18. The average molecular weight is 288 g/mol. The van der Waals surface area contributed by atoms with E-state index in [1.54, 1.807) is 6.20 Å². The highest BCUT2D eigenvalue weighted by atomic mass is 19.1. The molecule has 0 amide bonds. The number of pyridine rings is 1. The molecule has 112 valence electrons. The van der Waals surface area contributed by atoms with E-state index in [0.717, 1.165) is 24.3 Å². The zero-order valence-corrected chi connectivity index (χ0v) is 12.5. The number of aromatic nitrogens is 1. The van der Waals surface area contributed by atoms with Crippen molar-refractivity contribution in [1.29, 1.82) is 0 Å². The number of ether oxygens (including phenoxy) is 1. The minimum Gasteiger partial charge on any atom is -0.489 e. The van der Waals surface area contributed by atoms with E-state index in [1.165, 1.54) is 17.8 Å². The van der Waals surface area contributed by atoms with Crippen LogP contribution in [0, 0.1) is 5.82 Å².